The SMILES string of the molecule is CCn1cc(CN2CCCC(Cn3c(C)cnc3-c3cccnc3)C2)cn1. The Morgan fingerprint density at radius 3 is 2.93 bits per heavy atom. The van der Waals surface area contributed by atoms with Crippen LogP contribution in [0, 0.1) is 12.8 Å². The predicted octanol–water partition coefficient (Wildman–Crippen LogP) is 3.38. The summed E-state index contributed by atoms with van der Waals surface area (Å²) in [5.41, 5.74) is 3.62. The number of hydrogen-bond donors (Lipinski definition) is 0. The third-order valence-corrected chi connectivity index (χ3v) is 5.44. The van der Waals surface area contributed by atoms with E-state index in [1.807, 2.05) is 35.5 Å². The molecule has 0 aliphatic carbocycles. The minimum atomic E-state index is 0.642. The van der Waals surface area contributed by atoms with Crippen molar-refractivity contribution in [2.24, 2.45) is 5.92 Å². The quantitative estimate of drug-likeness (QED) is 0.673. The van der Waals surface area contributed by atoms with Gasteiger partial charge in [0.1, 0.15) is 5.82 Å². The summed E-state index contributed by atoms with van der Waals surface area (Å²) in [6, 6.07) is 4.06. The van der Waals surface area contributed by atoms with Crippen LogP contribution in [-0.4, -0.2) is 42.3 Å². The van der Waals surface area contributed by atoms with Crippen LogP contribution in [-0.2, 0) is 19.6 Å². The van der Waals surface area contributed by atoms with Crippen LogP contribution in [0.4, 0.5) is 0 Å². The third kappa shape index (κ3) is 4.11. The molecule has 6 nitrogen and oxygen atoms in total. The highest BCUT2D eigenvalue weighted by atomic mass is 15.3. The van der Waals surface area contributed by atoms with Crippen molar-refractivity contribution in [3.8, 4) is 11.4 Å². The van der Waals surface area contributed by atoms with E-state index in [1.54, 1.807) is 0 Å². The van der Waals surface area contributed by atoms with Crippen LogP contribution in [0.1, 0.15) is 31.0 Å². The number of rotatable bonds is 6. The molecule has 0 N–H and O–H groups in total. The molecule has 0 aromatic carbocycles. The Morgan fingerprint density at radius 2 is 2.15 bits per heavy atom. The second-order valence-electron chi connectivity index (χ2n) is 7.52. The van der Waals surface area contributed by atoms with E-state index in [1.165, 1.54) is 30.6 Å². The molecule has 1 aliphatic heterocycles. The third-order valence-electron chi connectivity index (χ3n) is 5.44. The van der Waals surface area contributed by atoms with Crippen LogP contribution in [0.15, 0.2) is 43.1 Å². The van der Waals surface area contributed by atoms with Gasteiger partial charge in [-0.25, -0.2) is 4.98 Å². The summed E-state index contributed by atoms with van der Waals surface area (Å²) in [6.45, 7) is 9.51. The molecule has 3 aromatic heterocycles. The number of aromatic nitrogens is 5. The number of likely N-dealkylation sites (tertiary alicyclic amines) is 1. The number of imidazole rings is 1. The van der Waals surface area contributed by atoms with Crippen LogP contribution in [0.25, 0.3) is 11.4 Å². The van der Waals surface area contributed by atoms with E-state index in [2.05, 4.69) is 50.6 Å². The first-order chi connectivity index (χ1) is 13.2. The van der Waals surface area contributed by atoms with Crippen molar-refractivity contribution < 1.29 is 0 Å². The number of pyridine rings is 1. The summed E-state index contributed by atoms with van der Waals surface area (Å²) in [4.78, 5) is 11.5. The highest BCUT2D eigenvalue weighted by molar-refractivity contribution is 5.54. The van der Waals surface area contributed by atoms with Gasteiger partial charge in [-0.1, -0.05) is 0 Å². The van der Waals surface area contributed by atoms with Gasteiger partial charge in [0.25, 0.3) is 0 Å². The average molecular weight is 364 g/mol. The lowest BCUT2D eigenvalue weighted by atomic mass is 9.97. The van der Waals surface area contributed by atoms with Crippen molar-refractivity contribution in [2.75, 3.05) is 13.1 Å². The fourth-order valence-corrected chi connectivity index (χ4v) is 4.04. The van der Waals surface area contributed by atoms with Crippen LogP contribution in [0.3, 0.4) is 0 Å². The Balaban J connectivity index is 1.44. The molecule has 0 amide bonds. The first-order valence-corrected chi connectivity index (χ1v) is 9.89. The lowest BCUT2D eigenvalue weighted by molar-refractivity contribution is 0.156. The molecule has 142 valence electrons. The number of aryl methyl sites for hydroxylation is 2. The van der Waals surface area contributed by atoms with Crippen LogP contribution in [0.5, 0.6) is 0 Å². The van der Waals surface area contributed by atoms with Gasteiger partial charge in [-0.05, 0) is 51.3 Å². The lowest BCUT2D eigenvalue weighted by Crippen LogP contribution is -2.36. The fourth-order valence-electron chi connectivity index (χ4n) is 4.04. The van der Waals surface area contributed by atoms with Gasteiger partial charge in [-0.15, -0.1) is 0 Å². The Hall–Kier alpha value is -2.47. The zero-order valence-electron chi connectivity index (χ0n) is 16.3. The van der Waals surface area contributed by atoms with E-state index in [9.17, 15) is 0 Å². The molecule has 27 heavy (non-hydrogen) atoms. The minimum Gasteiger partial charge on any atom is -0.328 e. The summed E-state index contributed by atoms with van der Waals surface area (Å²) < 4.78 is 4.37. The topological polar surface area (TPSA) is 51.8 Å². The van der Waals surface area contributed by atoms with Gasteiger partial charge in [-0.3, -0.25) is 14.6 Å². The maximum atomic E-state index is 4.65. The second kappa shape index (κ2) is 8.05. The predicted molar refractivity (Wildman–Crippen MR) is 106 cm³/mol. The van der Waals surface area contributed by atoms with Gasteiger partial charge >= 0.3 is 0 Å². The monoisotopic (exact) mass is 364 g/mol. The molecular formula is C21H28N6. The lowest BCUT2D eigenvalue weighted by Gasteiger charge is -2.33. The average Bonchev–Trinajstić information content (AvgIpc) is 3.30. The molecule has 1 atom stereocenters. The largest absolute Gasteiger partial charge is 0.328 e. The maximum absolute atomic E-state index is 4.65. The summed E-state index contributed by atoms with van der Waals surface area (Å²) in [5.74, 6) is 1.67. The van der Waals surface area contributed by atoms with Crippen molar-refractivity contribution >= 4 is 0 Å². The van der Waals surface area contributed by atoms with Crippen LogP contribution >= 0.6 is 0 Å². The number of piperidine rings is 1. The minimum absolute atomic E-state index is 0.642. The van der Waals surface area contributed by atoms with Gasteiger partial charge in [0.15, 0.2) is 0 Å². The van der Waals surface area contributed by atoms with Crippen LogP contribution < -0.4 is 0 Å². The van der Waals surface area contributed by atoms with Crippen molar-refractivity contribution in [3.63, 3.8) is 0 Å². The Labute approximate surface area is 160 Å². The normalized spacial score (nSPS) is 18.1. The van der Waals surface area contributed by atoms with Crippen molar-refractivity contribution in [3.05, 3.63) is 54.4 Å². The van der Waals surface area contributed by atoms with Crippen LogP contribution in [0.2, 0.25) is 0 Å². The van der Waals surface area contributed by atoms with Crippen molar-refractivity contribution in [1.29, 1.82) is 0 Å². The zero-order valence-corrected chi connectivity index (χ0v) is 16.3. The fraction of sp³-hybridized carbons (Fsp3) is 0.476. The Morgan fingerprint density at radius 1 is 1.22 bits per heavy atom. The van der Waals surface area contributed by atoms with Gasteiger partial charge in [0.2, 0.25) is 0 Å². The summed E-state index contributed by atoms with van der Waals surface area (Å²) >= 11 is 0. The summed E-state index contributed by atoms with van der Waals surface area (Å²) in [6.07, 6.45) is 12.4. The summed E-state index contributed by atoms with van der Waals surface area (Å²) in [7, 11) is 0. The number of hydrogen-bond acceptors (Lipinski definition) is 4. The molecular weight excluding hydrogens is 336 g/mol. The number of nitrogens with zero attached hydrogens (tertiary/aromatic N) is 6. The van der Waals surface area contributed by atoms with E-state index >= 15 is 0 Å². The molecule has 0 bridgehead atoms. The second-order valence-corrected chi connectivity index (χ2v) is 7.52. The van der Waals surface area contributed by atoms with Crippen molar-refractivity contribution in [2.45, 2.75) is 46.3 Å². The zero-order chi connectivity index (χ0) is 18.6. The molecule has 0 radical (unpaired) electrons. The van der Waals surface area contributed by atoms with E-state index in [-0.39, 0.29) is 0 Å². The highest BCUT2D eigenvalue weighted by Crippen LogP contribution is 2.24. The van der Waals surface area contributed by atoms with Gasteiger partial charge in [-0.2, -0.15) is 5.10 Å². The molecule has 1 aliphatic rings. The maximum Gasteiger partial charge on any atom is 0.141 e. The molecule has 6 heteroatoms. The molecule has 1 fully saturated rings. The molecule has 0 saturated carbocycles. The standard InChI is InChI=1S/C21H28N6/c1-3-26-15-19(11-24-26)14-25-9-5-6-18(13-25)16-27-17(2)10-23-21(27)20-7-4-8-22-12-20/h4,7-8,10-12,15,18H,3,5-6,9,13-14,16H2,1-2H3. The van der Waals surface area contributed by atoms with E-state index in [0.29, 0.717) is 5.92 Å². The molecule has 4 heterocycles. The Kier molecular flexibility index (Phi) is 5.34. The van der Waals surface area contributed by atoms with Crippen molar-refractivity contribution in [1.82, 2.24) is 29.2 Å². The van der Waals surface area contributed by atoms with E-state index in [4.69, 9.17) is 0 Å². The molecule has 4 rings (SSSR count). The van der Waals surface area contributed by atoms with E-state index < -0.39 is 0 Å². The Bertz CT molecular complexity index is 866. The highest BCUT2D eigenvalue weighted by Gasteiger charge is 2.22. The smallest absolute Gasteiger partial charge is 0.141 e. The first kappa shape index (κ1) is 17.9. The van der Waals surface area contributed by atoms with Gasteiger partial charge < -0.3 is 4.57 Å². The first-order valence-electron chi connectivity index (χ1n) is 9.89. The molecule has 1 saturated heterocycles. The molecule has 0 spiro atoms. The molecule has 1 unspecified atom stereocenters. The van der Waals surface area contributed by atoms with Gasteiger partial charge in [0, 0.05) is 67.8 Å². The molecule has 3 aromatic rings. The van der Waals surface area contributed by atoms with E-state index in [0.717, 1.165) is 37.6 Å². The summed E-state index contributed by atoms with van der Waals surface area (Å²) in [5, 5.41) is 4.41. The van der Waals surface area contributed by atoms with Gasteiger partial charge in [0.05, 0.1) is 6.20 Å².